The molecule has 13 heavy (non-hydrogen) atoms. The van der Waals surface area contributed by atoms with Crippen LogP contribution in [0, 0.1) is 6.36 Å². The fourth-order valence-electron chi connectivity index (χ4n) is 0.301. The zero-order valence-corrected chi connectivity index (χ0v) is 5.43. The van der Waals surface area contributed by atoms with E-state index in [0.29, 0.717) is 0 Å². The molecule has 0 fully saturated rings. The van der Waals surface area contributed by atoms with Gasteiger partial charge in [-0.2, -0.15) is 40.2 Å². The smallest absolute Gasteiger partial charge is 0.195 e. The van der Waals surface area contributed by atoms with Crippen molar-refractivity contribution >= 4 is 0 Å². The Kier molecular flexibility index (Phi) is 2.83. The molecule has 0 aliphatic carbocycles. The number of halogens is 8. The van der Waals surface area contributed by atoms with E-state index in [0.717, 1.165) is 0 Å². The van der Waals surface area contributed by atoms with Crippen LogP contribution in [0.15, 0.2) is 0 Å². The van der Waals surface area contributed by atoms with E-state index in [9.17, 15) is 35.1 Å². The molecular weight excluding hydrogens is 216 g/mol. The Morgan fingerprint density at radius 3 is 1.23 bits per heavy atom. The molecule has 78 valence electrons. The maximum Gasteiger partial charge on any atom is 0.460 e. The fraction of sp³-hybridized carbons (Fsp3) is 0.750. The second-order valence-electron chi connectivity index (χ2n) is 1.92. The molecule has 0 heterocycles. The van der Waals surface area contributed by atoms with Crippen LogP contribution < -0.4 is 0 Å². The summed E-state index contributed by atoms with van der Waals surface area (Å²) < 4.78 is 91.1. The van der Waals surface area contributed by atoms with Gasteiger partial charge in [0.2, 0.25) is 0 Å². The van der Waals surface area contributed by atoms with Crippen LogP contribution in [0.25, 0.3) is 0 Å². The Morgan fingerprint density at radius 2 is 1.15 bits per heavy atom. The molecule has 1 nitrogen and oxygen atoms in total. The Labute approximate surface area is 66.0 Å². The maximum absolute atomic E-state index is 11.6. The molecule has 0 amide bonds. The number of alkyl halides is 7. The summed E-state index contributed by atoms with van der Waals surface area (Å²) in [6, 6.07) is 0. The van der Waals surface area contributed by atoms with E-state index in [-0.39, 0.29) is 0 Å². The zero-order valence-electron chi connectivity index (χ0n) is 5.43. The Morgan fingerprint density at radius 1 is 0.846 bits per heavy atom. The minimum atomic E-state index is -6.70. The van der Waals surface area contributed by atoms with Gasteiger partial charge in [-0.3, -0.25) is 0 Å². The second kappa shape index (κ2) is 2.96. The van der Waals surface area contributed by atoms with Gasteiger partial charge in [0, 0.05) is 0 Å². The number of hydrogen-bond acceptors (Lipinski definition) is 0. The molecule has 0 aliphatic rings. The first-order chi connectivity index (χ1) is 5.44. The van der Waals surface area contributed by atoms with E-state index >= 15 is 0 Å². The molecule has 9 heteroatoms. The molecule has 0 aromatic rings. The van der Waals surface area contributed by atoms with Crippen LogP contribution in [-0.2, 0) is 5.11 Å². The maximum atomic E-state index is 11.6. The summed E-state index contributed by atoms with van der Waals surface area (Å²) in [5.41, 5.74) is 0. The molecule has 0 N–H and O–H groups in total. The molecule has 0 bridgehead atoms. The summed E-state index contributed by atoms with van der Waals surface area (Å²) in [4.78, 5) is 0. The lowest BCUT2D eigenvalue weighted by molar-refractivity contribution is -0.367. The highest BCUT2D eigenvalue weighted by Crippen LogP contribution is 2.50. The Bertz CT molecular complexity index is 181. The largest absolute Gasteiger partial charge is 0.460 e. The van der Waals surface area contributed by atoms with E-state index in [1.807, 2.05) is 0 Å². The first kappa shape index (κ1) is 12.4. The van der Waals surface area contributed by atoms with Crippen LogP contribution in [0.5, 0.6) is 0 Å². The summed E-state index contributed by atoms with van der Waals surface area (Å²) in [5.74, 6) is -13.1. The van der Waals surface area contributed by atoms with E-state index in [1.54, 1.807) is 0 Å². The quantitative estimate of drug-likeness (QED) is 0.632. The van der Waals surface area contributed by atoms with Gasteiger partial charge in [-0.15, -0.1) is 0 Å². The second-order valence-corrected chi connectivity index (χ2v) is 1.92. The van der Waals surface area contributed by atoms with Crippen molar-refractivity contribution in [3.8, 4) is 0 Å². The van der Waals surface area contributed by atoms with Crippen LogP contribution in [0.1, 0.15) is 0 Å². The van der Waals surface area contributed by atoms with E-state index in [4.69, 9.17) is 5.11 Å². The minimum absolute atomic E-state index is 4.03. The first-order valence-electron chi connectivity index (χ1n) is 2.47. The van der Waals surface area contributed by atoms with Crippen LogP contribution in [0.3, 0.4) is 0 Å². The zero-order chi connectivity index (χ0) is 11.1. The van der Waals surface area contributed by atoms with Gasteiger partial charge >= 0.3 is 24.4 Å². The van der Waals surface area contributed by atoms with Crippen molar-refractivity contribution in [2.75, 3.05) is 0 Å². The lowest BCUT2D eigenvalue weighted by atomic mass is 10.1. The summed E-state index contributed by atoms with van der Waals surface area (Å²) in [7, 11) is 0. The molecule has 0 atom stereocenters. The topological polar surface area (TPSA) is 19.9 Å². The lowest BCUT2D eigenvalue weighted by Gasteiger charge is -2.26. The van der Waals surface area contributed by atoms with Gasteiger partial charge in [0.1, 0.15) is 0 Å². The first-order valence-corrected chi connectivity index (χ1v) is 2.47. The summed E-state index contributed by atoms with van der Waals surface area (Å²) in [6.07, 6.45) is -10.7. The average Bonchev–Trinajstić information content (AvgIpc) is 1.84. The summed E-state index contributed by atoms with van der Waals surface area (Å²) in [5, 5.41) is 9.16. The predicted octanol–water partition coefficient (Wildman–Crippen LogP) is 2.71. The molecule has 0 saturated carbocycles. The molecule has 0 unspecified atom stereocenters. The van der Waals surface area contributed by atoms with Crippen LogP contribution >= 0.6 is 0 Å². The van der Waals surface area contributed by atoms with Gasteiger partial charge in [-0.1, -0.05) is 0 Å². The van der Waals surface area contributed by atoms with Crippen molar-refractivity contribution in [2.45, 2.75) is 18.0 Å². The van der Waals surface area contributed by atoms with Gasteiger partial charge in [0.15, 0.2) is 0 Å². The van der Waals surface area contributed by atoms with Gasteiger partial charge in [-0.05, 0) is 0 Å². The third kappa shape index (κ3) is 1.84. The fourth-order valence-corrected chi connectivity index (χ4v) is 0.301. The molecule has 0 aromatic heterocycles. The normalized spacial score (nSPS) is 15.2. The minimum Gasteiger partial charge on any atom is -0.195 e. The third-order valence-electron chi connectivity index (χ3n) is 0.997. The van der Waals surface area contributed by atoms with Crippen LogP contribution in [0.4, 0.5) is 35.1 Å². The standard InChI is InChI=1S/C4F8O/c5-1(13)2(6,7)3(8,9)4(10,11)12. The molecule has 0 rings (SSSR count). The van der Waals surface area contributed by atoms with Crippen LogP contribution in [0.2, 0.25) is 0 Å². The molecule has 0 saturated heterocycles. The molecule has 0 aromatic carbocycles. The van der Waals surface area contributed by atoms with Crippen molar-refractivity contribution in [3.05, 3.63) is 6.36 Å². The Hall–Kier alpha value is -0.600. The molecule has 0 aliphatic heterocycles. The lowest BCUT2D eigenvalue weighted by Crippen LogP contribution is -2.53. The third-order valence-corrected chi connectivity index (χ3v) is 0.997. The van der Waals surface area contributed by atoms with Crippen molar-refractivity contribution in [1.82, 2.24) is 0 Å². The average molecular weight is 216 g/mol. The molecule has 0 spiro atoms. The van der Waals surface area contributed by atoms with Gasteiger partial charge in [-0.25, -0.2) is 0 Å². The van der Waals surface area contributed by atoms with Crippen LogP contribution in [-0.4, -0.2) is 18.0 Å². The summed E-state index contributed by atoms with van der Waals surface area (Å²) >= 11 is 0. The van der Waals surface area contributed by atoms with Crippen molar-refractivity contribution < 1.29 is 40.2 Å². The molecule has 2 radical (unpaired) electrons. The van der Waals surface area contributed by atoms with Gasteiger partial charge in [0.25, 0.3) is 0 Å². The van der Waals surface area contributed by atoms with E-state index < -0.39 is 24.4 Å². The van der Waals surface area contributed by atoms with Gasteiger partial charge < -0.3 is 0 Å². The highest BCUT2D eigenvalue weighted by molar-refractivity contribution is 4.99. The predicted molar refractivity (Wildman–Crippen MR) is 21.0 cm³/mol. The highest BCUT2D eigenvalue weighted by atomic mass is 19.4. The van der Waals surface area contributed by atoms with E-state index in [2.05, 4.69) is 0 Å². The van der Waals surface area contributed by atoms with Crippen molar-refractivity contribution in [3.63, 3.8) is 0 Å². The SMILES string of the molecule is [O][C](F)C(F)(F)C(F)(F)C(F)(F)F. The van der Waals surface area contributed by atoms with Crippen molar-refractivity contribution in [1.29, 1.82) is 0 Å². The summed E-state index contributed by atoms with van der Waals surface area (Å²) in [6.45, 7) is 0. The molecular formula is C4F8O. The van der Waals surface area contributed by atoms with E-state index in [1.165, 1.54) is 0 Å². The monoisotopic (exact) mass is 216 g/mol. The van der Waals surface area contributed by atoms with Crippen molar-refractivity contribution in [2.24, 2.45) is 0 Å². The van der Waals surface area contributed by atoms with Gasteiger partial charge in [0.05, 0.1) is 0 Å². The highest BCUT2D eigenvalue weighted by Gasteiger charge is 2.77. The Balaban J connectivity index is 5.04. The number of hydrogen-bond donors (Lipinski definition) is 0. The number of rotatable bonds is 2.